The minimum Gasteiger partial charge on any atom is -0.313 e. The third kappa shape index (κ3) is 5.97. The summed E-state index contributed by atoms with van der Waals surface area (Å²) in [5, 5.41) is 4.64. The third-order valence-corrected chi connectivity index (χ3v) is 6.68. The molecule has 0 aromatic rings. The van der Waals surface area contributed by atoms with E-state index >= 15 is 0 Å². The van der Waals surface area contributed by atoms with Crippen LogP contribution in [0, 0.1) is 17.3 Å². The largest absolute Gasteiger partial charge is 0.313 e. The molecule has 0 amide bonds. The second kappa shape index (κ2) is 8.68. The smallest absolute Gasteiger partial charge is 0.0204 e. The van der Waals surface area contributed by atoms with Crippen molar-refractivity contribution in [1.82, 2.24) is 5.32 Å². The van der Waals surface area contributed by atoms with Crippen LogP contribution in [0.5, 0.6) is 0 Å². The van der Waals surface area contributed by atoms with E-state index in [4.69, 9.17) is 0 Å². The summed E-state index contributed by atoms with van der Waals surface area (Å²) in [5.74, 6) is 3.10. The molecule has 0 bridgehead atoms. The number of thioether (sulfide) groups is 1. The summed E-state index contributed by atoms with van der Waals surface area (Å²) in [7, 11) is 0. The molecule has 4 atom stereocenters. The molecule has 1 saturated carbocycles. The van der Waals surface area contributed by atoms with Crippen LogP contribution < -0.4 is 5.32 Å². The van der Waals surface area contributed by atoms with E-state index in [1.54, 1.807) is 0 Å². The maximum absolute atomic E-state index is 3.81. The van der Waals surface area contributed by atoms with Crippen LogP contribution in [-0.4, -0.2) is 23.6 Å². The molecule has 4 unspecified atom stereocenters. The van der Waals surface area contributed by atoms with Crippen molar-refractivity contribution in [3.8, 4) is 0 Å². The van der Waals surface area contributed by atoms with E-state index in [2.05, 4.69) is 58.6 Å². The molecule has 1 nitrogen and oxygen atoms in total. The molecule has 1 N–H and O–H groups in total. The zero-order valence-corrected chi connectivity index (χ0v) is 15.5. The Morgan fingerprint density at radius 3 is 2.45 bits per heavy atom. The van der Waals surface area contributed by atoms with E-state index in [1.165, 1.54) is 44.4 Å². The van der Waals surface area contributed by atoms with E-state index in [1.807, 2.05) is 0 Å². The Morgan fingerprint density at radius 2 is 1.90 bits per heavy atom. The monoisotopic (exact) mass is 299 g/mol. The van der Waals surface area contributed by atoms with Gasteiger partial charge in [-0.25, -0.2) is 0 Å². The van der Waals surface area contributed by atoms with Gasteiger partial charge >= 0.3 is 0 Å². The van der Waals surface area contributed by atoms with Crippen LogP contribution in [0.1, 0.15) is 73.6 Å². The van der Waals surface area contributed by atoms with Crippen LogP contribution in [0.15, 0.2) is 0 Å². The van der Waals surface area contributed by atoms with E-state index in [9.17, 15) is 0 Å². The lowest BCUT2D eigenvalue weighted by molar-refractivity contribution is 0.165. The first-order valence-corrected chi connectivity index (χ1v) is 9.78. The van der Waals surface area contributed by atoms with Crippen LogP contribution in [0.25, 0.3) is 0 Å². The molecular weight excluding hydrogens is 262 g/mol. The Morgan fingerprint density at radius 1 is 1.20 bits per heavy atom. The number of rotatable bonds is 7. The minimum atomic E-state index is 0.477. The van der Waals surface area contributed by atoms with E-state index in [0.717, 1.165) is 23.1 Å². The van der Waals surface area contributed by atoms with Gasteiger partial charge in [0.05, 0.1) is 0 Å². The molecule has 0 radical (unpaired) electrons. The van der Waals surface area contributed by atoms with Crippen molar-refractivity contribution in [2.45, 2.75) is 84.9 Å². The topological polar surface area (TPSA) is 12.0 Å². The van der Waals surface area contributed by atoms with Gasteiger partial charge in [-0.05, 0) is 55.2 Å². The zero-order chi connectivity index (χ0) is 15.2. The van der Waals surface area contributed by atoms with Gasteiger partial charge in [0, 0.05) is 11.3 Å². The summed E-state index contributed by atoms with van der Waals surface area (Å²) in [6, 6.07) is 0.752. The number of hydrogen-bond acceptors (Lipinski definition) is 2. The van der Waals surface area contributed by atoms with Crippen LogP contribution in [0.2, 0.25) is 0 Å². The van der Waals surface area contributed by atoms with Crippen LogP contribution in [0.4, 0.5) is 0 Å². The van der Waals surface area contributed by atoms with Crippen molar-refractivity contribution in [3.05, 3.63) is 0 Å². The highest BCUT2D eigenvalue weighted by Gasteiger charge is 2.35. The van der Waals surface area contributed by atoms with Gasteiger partial charge < -0.3 is 5.32 Å². The molecule has 1 aliphatic rings. The minimum absolute atomic E-state index is 0.477. The lowest BCUT2D eigenvalue weighted by Gasteiger charge is -2.42. The standard InChI is InChI=1S/C18H37NS/c1-7-11-19-16-10-9-15(18(4,5)6)12-17(16)20-13-14(3)8-2/h14-17,19H,7-13H2,1-6H3. The second-order valence-corrected chi connectivity index (χ2v) is 9.09. The van der Waals surface area contributed by atoms with Gasteiger partial charge in [-0.2, -0.15) is 11.8 Å². The van der Waals surface area contributed by atoms with Crippen LogP contribution in [0.3, 0.4) is 0 Å². The van der Waals surface area contributed by atoms with E-state index in [-0.39, 0.29) is 0 Å². The van der Waals surface area contributed by atoms with Crippen molar-refractivity contribution in [3.63, 3.8) is 0 Å². The first-order valence-electron chi connectivity index (χ1n) is 8.73. The normalized spacial score (nSPS) is 29.4. The molecule has 0 heterocycles. The van der Waals surface area contributed by atoms with E-state index < -0.39 is 0 Å². The van der Waals surface area contributed by atoms with Gasteiger partial charge in [-0.15, -0.1) is 0 Å². The predicted molar refractivity (Wildman–Crippen MR) is 94.6 cm³/mol. The number of hydrogen-bond donors (Lipinski definition) is 1. The fourth-order valence-electron chi connectivity index (χ4n) is 3.07. The zero-order valence-electron chi connectivity index (χ0n) is 14.7. The highest BCUT2D eigenvalue weighted by atomic mass is 32.2. The molecule has 1 rings (SSSR count). The summed E-state index contributed by atoms with van der Waals surface area (Å²) in [6.45, 7) is 15.4. The average Bonchev–Trinajstić information content (AvgIpc) is 2.41. The Hall–Kier alpha value is 0.310. The maximum atomic E-state index is 3.81. The van der Waals surface area contributed by atoms with Gasteiger partial charge in [-0.3, -0.25) is 0 Å². The van der Waals surface area contributed by atoms with Gasteiger partial charge in [0.1, 0.15) is 0 Å². The Bertz CT molecular complexity index is 259. The highest BCUT2D eigenvalue weighted by molar-refractivity contribution is 7.99. The van der Waals surface area contributed by atoms with Gasteiger partial charge in [0.25, 0.3) is 0 Å². The quantitative estimate of drug-likeness (QED) is 0.680. The first kappa shape index (κ1) is 18.4. The highest BCUT2D eigenvalue weighted by Crippen LogP contribution is 2.42. The van der Waals surface area contributed by atoms with Crippen LogP contribution >= 0.6 is 11.8 Å². The molecule has 1 aliphatic carbocycles. The molecule has 0 aliphatic heterocycles. The molecule has 0 aromatic carbocycles. The van der Waals surface area contributed by atoms with Crippen molar-refractivity contribution in [1.29, 1.82) is 0 Å². The second-order valence-electron chi connectivity index (χ2n) is 7.82. The lowest BCUT2D eigenvalue weighted by Crippen LogP contribution is -2.45. The van der Waals surface area contributed by atoms with Crippen molar-refractivity contribution in [2.24, 2.45) is 17.3 Å². The fraction of sp³-hybridized carbons (Fsp3) is 1.00. The summed E-state index contributed by atoms with van der Waals surface area (Å²) < 4.78 is 0. The molecule has 2 heteroatoms. The van der Waals surface area contributed by atoms with Crippen molar-refractivity contribution >= 4 is 11.8 Å². The van der Waals surface area contributed by atoms with Gasteiger partial charge in [-0.1, -0.05) is 48.0 Å². The summed E-state index contributed by atoms with van der Waals surface area (Å²) in [5.41, 5.74) is 0.477. The van der Waals surface area contributed by atoms with Crippen LogP contribution in [-0.2, 0) is 0 Å². The Labute approximate surface area is 132 Å². The van der Waals surface area contributed by atoms with Gasteiger partial charge in [0.2, 0.25) is 0 Å². The summed E-state index contributed by atoms with van der Waals surface area (Å²) in [6.07, 6.45) is 6.76. The Balaban J connectivity index is 2.57. The molecule has 1 fully saturated rings. The first-order chi connectivity index (χ1) is 9.38. The molecule has 0 saturated heterocycles. The van der Waals surface area contributed by atoms with E-state index in [0.29, 0.717) is 5.41 Å². The summed E-state index contributed by atoms with van der Waals surface area (Å²) >= 11 is 2.25. The molecule has 0 spiro atoms. The van der Waals surface area contributed by atoms with Crippen molar-refractivity contribution < 1.29 is 0 Å². The number of nitrogens with one attached hydrogen (secondary N) is 1. The van der Waals surface area contributed by atoms with Gasteiger partial charge in [0.15, 0.2) is 0 Å². The SMILES string of the molecule is CCCNC1CCC(C(C)(C)C)CC1SCC(C)CC. The predicted octanol–water partition coefficient (Wildman–Crippen LogP) is 5.35. The van der Waals surface area contributed by atoms with Crippen molar-refractivity contribution in [2.75, 3.05) is 12.3 Å². The lowest BCUT2D eigenvalue weighted by atomic mass is 9.71. The fourth-order valence-corrected chi connectivity index (χ4v) is 4.71. The Kier molecular flexibility index (Phi) is 7.97. The molecule has 120 valence electrons. The molecule has 20 heavy (non-hydrogen) atoms. The summed E-state index contributed by atoms with van der Waals surface area (Å²) in [4.78, 5) is 0. The molecule has 0 aromatic heterocycles. The third-order valence-electron chi connectivity index (χ3n) is 4.96. The molecular formula is C18H37NS. The average molecular weight is 300 g/mol. The maximum Gasteiger partial charge on any atom is 0.0204 e.